The van der Waals surface area contributed by atoms with Crippen LogP contribution in [0.3, 0.4) is 0 Å². The lowest BCUT2D eigenvalue weighted by Gasteiger charge is -2.23. The van der Waals surface area contributed by atoms with Crippen molar-refractivity contribution in [1.82, 2.24) is 5.32 Å². The van der Waals surface area contributed by atoms with E-state index in [1.807, 2.05) is 0 Å². The predicted octanol–water partition coefficient (Wildman–Crippen LogP) is 2.86. The number of aliphatic imine (C=N–C) groups is 1. The summed E-state index contributed by atoms with van der Waals surface area (Å²) in [7, 11) is 0. The molecule has 1 aromatic carbocycles. The van der Waals surface area contributed by atoms with E-state index in [0.717, 1.165) is 25.4 Å². The lowest BCUT2D eigenvalue weighted by molar-refractivity contribution is 0.326. The molecule has 1 fully saturated rings. The first-order valence-corrected chi connectivity index (χ1v) is 6.83. The molecule has 1 aliphatic carbocycles. The number of halogens is 1. The summed E-state index contributed by atoms with van der Waals surface area (Å²) < 4.78 is 0. The van der Waals surface area contributed by atoms with Gasteiger partial charge >= 0.3 is 0 Å². The number of nitrogens with zero attached hydrogens (tertiary/aromatic N) is 1. The average molecular weight is 373 g/mol. The molecule has 1 saturated carbocycles. The van der Waals surface area contributed by atoms with Gasteiger partial charge in [0.1, 0.15) is 0 Å². The lowest BCUT2D eigenvalue weighted by Crippen LogP contribution is -2.34. The van der Waals surface area contributed by atoms with E-state index in [9.17, 15) is 0 Å². The van der Waals surface area contributed by atoms with Crippen LogP contribution >= 0.6 is 24.0 Å². The molecule has 2 rings (SSSR count). The summed E-state index contributed by atoms with van der Waals surface area (Å²) >= 11 is 0. The van der Waals surface area contributed by atoms with Gasteiger partial charge in [-0.25, -0.2) is 0 Å². The van der Waals surface area contributed by atoms with Crippen LogP contribution in [0.5, 0.6) is 0 Å². The minimum Gasteiger partial charge on any atom is -0.370 e. The second-order valence-electron chi connectivity index (χ2n) is 5.19. The first kappa shape index (κ1) is 16.3. The molecule has 1 aromatic rings. The van der Waals surface area contributed by atoms with Crippen molar-refractivity contribution in [3.05, 3.63) is 35.4 Å². The molecule has 0 amide bonds. The van der Waals surface area contributed by atoms with Crippen molar-refractivity contribution in [1.29, 1.82) is 0 Å². The minimum atomic E-state index is 0. The molecule has 0 atom stereocenters. The molecule has 3 N–H and O–H groups in total. The van der Waals surface area contributed by atoms with Crippen LogP contribution in [0.1, 0.15) is 30.4 Å². The lowest BCUT2D eigenvalue weighted by atomic mass is 9.86. The van der Waals surface area contributed by atoms with Crippen LogP contribution in [-0.4, -0.2) is 19.0 Å². The number of nitrogens with two attached hydrogens (primary N) is 1. The van der Waals surface area contributed by atoms with Crippen LogP contribution in [0.4, 0.5) is 0 Å². The third-order valence-corrected chi connectivity index (χ3v) is 3.55. The zero-order valence-corrected chi connectivity index (χ0v) is 13.9. The van der Waals surface area contributed by atoms with Gasteiger partial charge in [-0.05, 0) is 37.7 Å². The van der Waals surface area contributed by atoms with E-state index in [0.29, 0.717) is 5.96 Å². The molecule has 0 unspecified atom stereocenters. The van der Waals surface area contributed by atoms with E-state index in [-0.39, 0.29) is 24.0 Å². The molecule has 3 nitrogen and oxygen atoms in total. The summed E-state index contributed by atoms with van der Waals surface area (Å²) in [6.45, 7) is 3.86. The molecule has 0 aromatic heterocycles. The van der Waals surface area contributed by atoms with Gasteiger partial charge in [-0.3, -0.25) is 4.99 Å². The maximum atomic E-state index is 5.83. The van der Waals surface area contributed by atoms with E-state index in [2.05, 4.69) is 41.5 Å². The molecule has 0 spiro atoms. The van der Waals surface area contributed by atoms with Gasteiger partial charge in [0, 0.05) is 13.1 Å². The van der Waals surface area contributed by atoms with Crippen LogP contribution in [0.25, 0.3) is 0 Å². The Morgan fingerprint density at radius 2 is 2.21 bits per heavy atom. The highest BCUT2D eigenvalue weighted by Gasteiger charge is 2.16. The monoisotopic (exact) mass is 373 g/mol. The van der Waals surface area contributed by atoms with Crippen molar-refractivity contribution >= 4 is 29.9 Å². The summed E-state index contributed by atoms with van der Waals surface area (Å²) in [5.74, 6) is 1.37. The number of aryl methyl sites for hydroxylation is 1. The molecule has 0 aliphatic heterocycles. The Morgan fingerprint density at radius 3 is 2.84 bits per heavy atom. The Labute approximate surface area is 133 Å². The summed E-state index contributed by atoms with van der Waals surface area (Å²) in [6, 6.07) is 8.57. The Morgan fingerprint density at radius 1 is 1.42 bits per heavy atom. The zero-order chi connectivity index (χ0) is 12.8. The van der Waals surface area contributed by atoms with Crippen molar-refractivity contribution in [2.24, 2.45) is 16.6 Å². The molecular formula is C15H24IN3. The quantitative estimate of drug-likeness (QED) is 0.474. The fourth-order valence-corrected chi connectivity index (χ4v) is 2.16. The number of hydrogen-bond acceptors (Lipinski definition) is 1. The zero-order valence-electron chi connectivity index (χ0n) is 11.6. The van der Waals surface area contributed by atoms with E-state index in [1.54, 1.807) is 0 Å². The molecule has 4 heteroatoms. The Hall–Kier alpha value is -0.780. The first-order valence-electron chi connectivity index (χ1n) is 6.83. The van der Waals surface area contributed by atoms with Gasteiger partial charge in [0.05, 0.1) is 0 Å². The predicted molar refractivity (Wildman–Crippen MR) is 92.1 cm³/mol. The first-order chi connectivity index (χ1) is 8.74. The minimum absolute atomic E-state index is 0. The van der Waals surface area contributed by atoms with Crippen molar-refractivity contribution < 1.29 is 0 Å². The van der Waals surface area contributed by atoms with Crippen molar-refractivity contribution in [2.45, 2.75) is 32.6 Å². The fourth-order valence-electron chi connectivity index (χ4n) is 2.16. The number of guanidine groups is 1. The second kappa shape index (κ2) is 8.40. The number of hydrogen-bond donors (Lipinski definition) is 2. The summed E-state index contributed by atoms with van der Waals surface area (Å²) in [5, 5.41) is 3.18. The molecule has 0 saturated heterocycles. The van der Waals surface area contributed by atoms with Gasteiger partial charge in [-0.15, -0.1) is 24.0 Å². The third-order valence-electron chi connectivity index (χ3n) is 3.55. The van der Waals surface area contributed by atoms with Gasteiger partial charge in [-0.1, -0.05) is 36.2 Å². The largest absolute Gasteiger partial charge is 0.370 e. The number of benzene rings is 1. The summed E-state index contributed by atoms with van der Waals surface area (Å²) in [5.41, 5.74) is 8.48. The van der Waals surface area contributed by atoms with Crippen molar-refractivity contribution in [3.63, 3.8) is 0 Å². The number of rotatable bonds is 5. The third kappa shape index (κ3) is 5.80. The van der Waals surface area contributed by atoms with Crippen LogP contribution in [0, 0.1) is 12.8 Å². The fraction of sp³-hybridized carbons (Fsp3) is 0.533. The van der Waals surface area contributed by atoms with E-state index >= 15 is 0 Å². The molecule has 0 heterocycles. The van der Waals surface area contributed by atoms with E-state index in [1.165, 1.54) is 30.4 Å². The van der Waals surface area contributed by atoms with Gasteiger partial charge in [-0.2, -0.15) is 0 Å². The van der Waals surface area contributed by atoms with Crippen molar-refractivity contribution in [3.8, 4) is 0 Å². The molecular weight excluding hydrogens is 349 g/mol. The normalized spacial score (nSPS) is 15.5. The molecule has 0 bridgehead atoms. The highest BCUT2D eigenvalue weighted by molar-refractivity contribution is 14.0. The molecule has 0 radical (unpaired) electrons. The Bertz CT molecular complexity index is 414. The molecule has 1 aliphatic rings. The molecule has 106 valence electrons. The Kier molecular flexibility index (Phi) is 7.20. The Balaban J connectivity index is 0.00000180. The highest BCUT2D eigenvalue weighted by Crippen LogP contribution is 2.26. The van der Waals surface area contributed by atoms with Crippen LogP contribution in [-0.2, 0) is 6.42 Å². The summed E-state index contributed by atoms with van der Waals surface area (Å²) in [4.78, 5) is 4.38. The van der Waals surface area contributed by atoms with E-state index < -0.39 is 0 Å². The maximum Gasteiger partial charge on any atom is 0.188 e. The van der Waals surface area contributed by atoms with Gasteiger partial charge < -0.3 is 11.1 Å². The maximum absolute atomic E-state index is 5.83. The number of nitrogens with one attached hydrogen (secondary N) is 1. The SMILES string of the molecule is Cc1cccc(CCNC(N)=NCC2CCC2)c1.I. The van der Waals surface area contributed by atoms with Crippen LogP contribution in [0.2, 0.25) is 0 Å². The average Bonchev–Trinajstić information content (AvgIpc) is 2.27. The van der Waals surface area contributed by atoms with Crippen LogP contribution < -0.4 is 11.1 Å². The summed E-state index contributed by atoms with van der Waals surface area (Å²) in [6.07, 6.45) is 4.99. The second-order valence-corrected chi connectivity index (χ2v) is 5.19. The topological polar surface area (TPSA) is 50.4 Å². The highest BCUT2D eigenvalue weighted by atomic mass is 127. The van der Waals surface area contributed by atoms with Crippen LogP contribution in [0.15, 0.2) is 29.3 Å². The smallest absolute Gasteiger partial charge is 0.188 e. The van der Waals surface area contributed by atoms with Gasteiger partial charge in [0.2, 0.25) is 0 Å². The van der Waals surface area contributed by atoms with Gasteiger partial charge in [0.15, 0.2) is 5.96 Å². The van der Waals surface area contributed by atoms with Crippen molar-refractivity contribution in [2.75, 3.05) is 13.1 Å². The van der Waals surface area contributed by atoms with Gasteiger partial charge in [0.25, 0.3) is 0 Å². The van der Waals surface area contributed by atoms with E-state index in [4.69, 9.17) is 5.73 Å². The standard InChI is InChI=1S/C15H23N3.HI/c1-12-4-2-5-13(10-12)8-9-17-15(16)18-11-14-6-3-7-14;/h2,4-5,10,14H,3,6-9,11H2,1H3,(H3,16,17,18);1H. The molecule has 19 heavy (non-hydrogen) atoms.